The van der Waals surface area contributed by atoms with E-state index >= 15 is 0 Å². The smallest absolute Gasteiger partial charge is 0.238 e. The van der Waals surface area contributed by atoms with Crippen molar-refractivity contribution in [2.24, 2.45) is 0 Å². The highest BCUT2D eigenvalue weighted by Crippen LogP contribution is 2.20. The van der Waals surface area contributed by atoms with E-state index < -0.39 is 0 Å². The number of anilines is 2. The van der Waals surface area contributed by atoms with Gasteiger partial charge >= 0.3 is 0 Å². The van der Waals surface area contributed by atoms with E-state index in [-0.39, 0.29) is 11.8 Å². The van der Waals surface area contributed by atoms with Gasteiger partial charge in [0.1, 0.15) is 0 Å². The Hall–Kier alpha value is -1.92. The Labute approximate surface area is 130 Å². The van der Waals surface area contributed by atoms with Crippen molar-refractivity contribution >= 4 is 23.2 Å². The molecule has 1 aliphatic rings. The van der Waals surface area contributed by atoms with Gasteiger partial charge in [0.2, 0.25) is 11.8 Å². The van der Waals surface area contributed by atoms with Gasteiger partial charge in [0.15, 0.2) is 0 Å². The van der Waals surface area contributed by atoms with Crippen LogP contribution in [0.1, 0.15) is 18.9 Å². The first-order chi connectivity index (χ1) is 10.6. The molecule has 1 fully saturated rings. The van der Waals surface area contributed by atoms with Gasteiger partial charge in [-0.3, -0.25) is 14.5 Å². The van der Waals surface area contributed by atoms with Crippen LogP contribution in [0.2, 0.25) is 0 Å². The maximum atomic E-state index is 12.1. The molecule has 0 aliphatic carbocycles. The quantitative estimate of drug-likeness (QED) is 0.867. The lowest BCUT2D eigenvalue weighted by molar-refractivity contribution is -0.118. The van der Waals surface area contributed by atoms with E-state index in [9.17, 15) is 9.59 Å². The largest absolute Gasteiger partial charge is 0.379 e. The van der Waals surface area contributed by atoms with Crippen molar-refractivity contribution in [2.45, 2.75) is 20.3 Å². The predicted molar refractivity (Wildman–Crippen MR) is 86.0 cm³/mol. The monoisotopic (exact) mass is 305 g/mol. The molecule has 0 spiro atoms. The summed E-state index contributed by atoms with van der Waals surface area (Å²) in [5.41, 5.74) is 2.39. The van der Waals surface area contributed by atoms with Crippen molar-refractivity contribution in [3.05, 3.63) is 23.8 Å². The van der Waals surface area contributed by atoms with Crippen molar-refractivity contribution in [2.75, 3.05) is 43.5 Å². The van der Waals surface area contributed by atoms with Crippen molar-refractivity contribution in [3.63, 3.8) is 0 Å². The van der Waals surface area contributed by atoms with Gasteiger partial charge in [-0.1, -0.05) is 13.0 Å². The van der Waals surface area contributed by atoms with Crippen molar-refractivity contribution in [1.82, 2.24) is 4.90 Å². The zero-order valence-electron chi connectivity index (χ0n) is 13.1. The number of hydrogen-bond acceptors (Lipinski definition) is 4. The minimum atomic E-state index is -0.0569. The molecule has 0 bridgehead atoms. The summed E-state index contributed by atoms with van der Waals surface area (Å²) in [6.07, 6.45) is 0.424. The summed E-state index contributed by atoms with van der Waals surface area (Å²) in [6, 6.07) is 5.52. The molecule has 0 aromatic heterocycles. The molecule has 1 aliphatic heterocycles. The van der Waals surface area contributed by atoms with Crippen LogP contribution in [-0.4, -0.2) is 49.6 Å². The van der Waals surface area contributed by atoms with Crippen LogP contribution in [0.3, 0.4) is 0 Å². The van der Waals surface area contributed by atoms with E-state index in [2.05, 4.69) is 15.5 Å². The van der Waals surface area contributed by atoms with Gasteiger partial charge in [0.05, 0.1) is 19.8 Å². The Bertz CT molecular complexity index is 539. The van der Waals surface area contributed by atoms with Gasteiger partial charge in [0.25, 0.3) is 0 Å². The molecule has 0 unspecified atom stereocenters. The van der Waals surface area contributed by atoms with Gasteiger partial charge < -0.3 is 15.4 Å². The highest BCUT2D eigenvalue weighted by Gasteiger charge is 2.14. The number of morpholine rings is 1. The first-order valence-electron chi connectivity index (χ1n) is 7.59. The van der Waals surface area contributed by atoms with E-state index in [4.69, 9.17) is 4.74 Å². The molecule has 2 rings (SSSR count). The maximum Gasteiger partial charge on any atom is 0.238 e. The summed E-state index contributed by atoms with van der Waals surface area (Å²) >= 11 is 0. The second-order valence-corrected chi connectivity index (χ2v) is 5.37. The average molecular weight is 305 g/mol. The van der Waals surface area contributed by atoms with E-state index in [1.807, 2.05) is 19.1 Å². The number of nitrogens with one attached hydrogen (secondary N) is 2. The second kappa shape index (κ2) is 7.91. The van der Waals surface area contributed by atoms with Crippen molar-refractivity contribution in [3.8, 4) is 0 Å². The van der Waals surface area contributed by atoms with Crippen LogP contribution < -0.4 is 10.6 Å². The molecule has 6 heteroatoms. The first kappa shape index (κ1) is 16.5. The van der Waals surface area contributed by atoms with Crippen molar-refractivity contribution in [1.29, 1.82) is 0 Å². The fraction of sp³-hybridized carbons (Fsp3) is 0.500. The minimum Gasteiger partial charge on any atom is -0.379 e. The predicted octanol–water partition coefficient (Wildman–Crippen LogP) is 1.61. The summed E-state index contributed by atoms with van der Waals surface area (Å²) in [5, 5.41) is 5.71. The highest BCUT2D eigenvalue weighted by molar-refractivity contribution is 5.95. The number of carbonyl (C=O) groups is 2. The molecular formula is C16H23N3O3. The fourth-order valence-electron chi connectivity index (χ4n) is 2.24. The molecule has 6 nitrogen and oxygen atoms in total. The van der Waals surface area contributed by atoms with Crippen LogP contribution in [0.25, 0.3) is 0 Å². The Morgan fingerprint density at radius 3 is 2.59 bits per heavy atom. The molecular weight excluding hydrogens is 282 g/mol. The summed E-state index contributed by atoms with van der Waals surface area (Å²) < 4.78 is 5.26. The summed E-state index contributed by atoms with van der Waals surface area (Å²) in [6.45, 7) is 6.98. The molecule has 0 saturated carbocycles. The van der Waals surface area contributed by atoms with E-state index in [0.717, 1.165) is 24.3 Å². The second-order valence-electron chi connectivity index (χ2n) is 5.37. The zero-order chi connectivity index (χ0) is 15.9. The molecule has 1 saturated heterocycles. The minimum absolute atomic E-state index is 0.0418. The van der Waals surface area contributed by atoms with E-state index in [1.165, 1.54) is 0 Å². The molecule has 1 aromatic carbocycles. The Morgan fingerprint density at radius 2 is 1.91 bits per heavy atom. The molecule has 1 aromatic rings. The van der Waals surface area contributed by atoms with Gasteiger partial charge in [-0.2, -0.15) is 0 Å². The lowest BCUT2D eigenvalue weighted by Gasteiger charge is -2.25. The highest BCUT2D eigenvalue weighted by atomic mass is 16.5. The first-order valence-corrected chi connectivity index (χ1v) is 7.59. The van der Waals surface area contributed by atoms with Crippen LogP contribution in [-0.2, 0) is 14.3 Å². The van der Waals surface area contributed by atoms with E-state index in [1.54, 1.807) is 13.0 Å². The number of aryl methyl sites for hydroxylation is 1. The molecule has 0 atom stereocenters. The number of amides is 2. The molecule has 0 radical (unpaired) electrons. The maximum absolute atomic E-state index is 12.1. The van der Waals surface area contributed by atoms with Crippen molar-refractivity contribution < 1.29 is 14.3 Å². The molecule has 2 N–H and O–H groups in total. The normalized spacial score (nSPS) is 15.4. The van der Waals surface area contributed by atoms with E-state index in [0.29, 0.717) is 31.9 Å². The number of benzene rings is 1. The standard InChI is InChI=1S/C16H23N3O3/c1-3-15(20)18-14-10-13(5-4-12(14)2)17-16(21)11-19-6-8-22-9-7-19/h4-5,10H,3,6-9,11H2,1-2H3,(H,17,21)(H,18,20). The number of hydrogen-bond donors (Lipinski definition) is 2. The molecule has 2 amide bonds. The third kappa shape index (κ3) is 4.82. The van der Waals surface area contributed by atoms with Gasteiger partial charge in [-0.25, -0.2) is 0 Å². The van der Waals surface area contributed by atoms with Gasteiger partial charge in [-0.05, 0) is 24.6 Å². The third-order valence-electron chi connectivity index (χ3n) is 3.59. The van der Waals surface area contributed by atoms with Gasteiger partial charge in [0, 0.05) is 30.9 Å². The Kier molecular flexibility index (Phi) is 5.91. The number of rotatable bonds is 5. The topological polar surface area (TPSA) is 70.7 Å². The van der Waals surface area contributed by atoms with Crippen LogP contribution in [0.15, 0.2) is 18.2 Å². The summed E-state index contributed by atoms with van der Waals surface area (Å²) in [4.78, 5) is 25.6. The number of carbonyl (C=O) groups excluding carboxylic acids is 2. The van der Waals surface area contributed by atoms with Gasteiger partial charge in [-0.15, -0.1) is 0 Å². The lowest BCUT2D eigenvalue weighted by atomic mass is 10.1. The SMILES string of the molecule is CCC(=O)Nc1cc(NC(=O)CN2CCOCC2)ccc1C. The summed E-state index contributed by atoms with van der Waals surface area (Å²) in [5.74, 6) is -0.0987. The lowest BCUT2D eigenvalue weighted by Crippen LogP contribution is -2.41. The Morgan fingerprint density at radius 1 is 1.18 bits per heavy atom. The summed E-state index contributed by atoms with van der Waals surface area (Å²) in [7, 11) is 0. The molecule has 120 valence electrons. The van der Waals surface area contributed by atoms with Crippen LogP contribution >= 0.6 is 0 Å². The fourth-order valence-corrected chi connectivity index (χ4v) is 2.24. The van der Waals surface area contributed by atoms with Crippen LogP contribution in [0.5, 0.6) is 0 Å². The average Bonchev–Trinajstić information content (AvgIpc) is 2.51. The Balaban J connectivity index is 1.95. The number of ether oxygens (including phenoxy) is 1. The zero-order valence-corrected chi connectivity index (χ0v) is 13.1. The van der Waals surface area contributed by atoms with Crippen LogP contribution in [0.4, 0.5) is 11.4 Å². The number of nitrogens with zero attached hydrogens (tertiary/aromatic N) is 1. The molecule has 22 heavy (non-hydrogen) atoms. The molecule has 1 heterocycles. The van der Waals surface area contributed by atoms with Crippen LogP contribution in [0, 0.1) is 6.92 Å². The third-order valence-corrected chi connectivity index (χ3v) is 3.59.